The van der Waals surface area contributed by atoms with Crippen molar-refractivity contribution in [3.05, 3.63) is 58.7 Å². The first-order valence-electron chi connectivity index (χ1n) is 6.16. The number of benzene rings is 2. The van der Waals surface area contributed by atoms with E-state index in [-0.39, 0.29) is 0 Å². The maximum Gasteiger partial charge on any atom is 0.123 e. The highest BCUT2D eigenvalue weighted by Crippen LogP contribution is 2.30. The van der Waals surface area contributed by atoms with Gasteiger partial charge in [0.25, 0.3) is 0 Å². The summed E-state index contributed by atoms with van der Waals surface area (Å²) in [5.74, 6) is 0. The fourth-order valence-electron chi connectivity index (χ4n) is 2.39. The van der Waals surface area contributed by atoms with Crippen LogP contribution in [0.4, 0.5) is 0 Å². The minimum Gasteiger partial charge on any atom is -0.357 e. The van der Waals surface area contributed by atoms with E-state index in [9.17, 15) is 0 Å². The van der Waals surface area contributed by atoms with Gasteiger partial charge >= 0.3 is 0 Å². The van der Waals surface area contributed by atoms with E-state index in [0.29, 0.717) is 13.3 Å². The fraction of sp³-hybridized carbons (Fsp3) is 0.125. The Morgan fingerprint density at radius 3 is 2.74 bits per heavy atom. The SMILES string of the molecule is C=CCOCn1c2ccccc2c2cc(I)ccc21. The molecule has 0 saturated carbocycles. The van der Waals surface area contributed by atoms with E-state index in [0.717, 1.165) is 0 Å². The van der Waals surface area contributed by atoms with Crippen molar-refractivity contribution in [2.24, 2.45) is 0 Å². The van der Waals surface area contributed by atoms with Gasteiger partial charge in [0, 0.05) is 14.3 Å². The highest BCUT2D eigenvalue weighted by molar-refractivity contribution is 14.1. The summed E-state index contributed by atoms with van der Waals surface area (Å²) >= 11 is 2.35. The van der Waals surface area contributed by atoms with Crippen LogP contribution in [0.5, 0.6) is 0 Å². The number of nitrogens with zero attached hydrogens (tertiary/aromatic N) is 1. The van der Waals surface area contributed by atoms with Crippen LogP contribution < -0.4 is 0 Å². The minimum absolute atomic E-state index is 0.552. The van der Waals surface area contributed by atoms with Gasteiger partial charge in [0.1, 0.15) is 6.73 Å². The van der Waals surface area contributed by atoms with Crippen LogP contribution in [0.2, 0.25) is 0 Å². The monoisotopic (exact) mass is 363 g/mol. The Morgan fingerprint density at radius 1 is 1.11 bits per heavy atom. The number of para-hydroxylation sites is 1. The molecule has 0 saturated heterocycles. The van der Waals surface area contributed by atoms with Crippen LogP contribution in [-0.2, 0) is 11.5 Å². The third kappa shape index (κ3) is 2.28. The summed E-state index contributed by atoms with van der Waals surface area (Å²) in [5.41, 5.74) is 2.43. The molecule has 2 nitrogen and oxygen atoms in total. The van der Waals surface area contributed by atoms with E-state index in [1.165, 1.54) is 25.4 Å². The third-order valence-electron chi connectivity index (χ3n) is 3.19. The molecule has 0 aliphatic rings. The normalized spacial score (nSPS) is 11.2. The Hall–Kier alpha value is -1.33. The quantitative estimate of drug-likeness (QED) is 0.377. The maximum absolute atomic E-state index is 5.62. The molecule has 1 aromatic heterocycles. The lowest BCUT2D eigenvalue weighted by atomic mass is 10.2. The highest BCUT2D eigenvalue weighted by atomic mass is 127. The minimum atomic E-state index is 0.552. The maximum atomic E-state index is 5.62. The molecule has 0 spiro atoms. The summed E-state index contributed by atoms with van der Waals surface area (Å²) < 4.78 is 9.08. The summed E-state index contributed by atoms with van der Waals surface area (Å²) in [6, 6.07) is 15.0. The van der Waals surface area contributed by atoms with E-state index < -0.39 is 0 Å². The van der Waals surface area contributed by atoms with Crippen LogP contribution >= 0.6 is 22.6 Å². The second-order valence-electron chi connectivity index (χ2n) is 4.40. The number of hydrogen-bond donors (Lipinski definition) is 0. The predicted octanol–water partition coefficient (Wildman–Crippen LogP) is 4.56. The molecule has 0 radical (unpaired) electrons. The Morgan fingerprint density at radius 2 is 1.89 bits per heavy atom. The second kappa shape index (κ2) is 5.35. The lowest BCUT2D eigenvalue weighted by Gasteiger charge is -2.07. The molecule has 3 heteroatoms. The predicted molar refractivity (Wildman–Crippen MR) is 88.3 cm³/mol. The zero-order chi connectivity index (χ0) is 13.2. The average Bonchev–Trinajstić information content (AvgIpc) is 2.73. The van der Waals surface area contributed by atoms with E-state index in [2.05, 4.69) is 76.2 Å². The van der Waals surface area contributed by atoms with Crippen molar-refractivity contribution >= 4 is 44.4 Å². The summed E-state index contributed by atoms with van der Waals surface area (Å²) in [6.45, 7) is 4.80. The molecule has 0 aliphatic carbocycles. The van der Waals surface area contributed by atoms with Crippen molar-refractivity contribution in [2.45, 2.75) is 6.73 Å². The number of ether oxygens (including phenoxy) is 1. The summed E-state index contributed by atoms with van der Waals surface area (Å²) in [7, 11) is 0. The number of halogens is 1. The molecule has 3 aromatic rings. The molecular weight excluding hydrogens is 349 g/mol. The van der Waals surface area contributed by atoms with Crippen LogP contribution in [0.3, 0.4) is 0 Å². The Balaban J connectivity index is 2.23. The van der Waals surface area contributed by atoms with Crippen molar-refractivity contribution < 1.29 is 4.74 Å². The van der Waals surface area contributed by atoms with Gasteiger partial charge in [-0.3, -0.25) is 0 Å². The fourth-order valence-corrected chi connectivity index (χ4v) is 2.88. The molecule has 0 atom stereocenters. The van der Waals surface area contributed by atoms with Gasteiger partial charge in [-0.2, -0.15) is 0 Å². The van der Waals surface area contributed by atoms with Crippen LogP contribution in [0.15, 0.2) is 55.1 Å². The third-order valence-corrected chi connectivity index (χ3v) is 3.86. The van der Waals surface area contributed by atoms with E-state index >= 15 is 0 Å². The molecule has 0 N–H and O–H groups in total. The van der Waals surface area contributed by atoms with Crippen LogP contribution in [-0.4, -0.2) is 11.2 Å². The van der Waals surface area contributed by atoms with Crippen molar-refractivity contribution in [3.8, 4) is 0 Å². The van der Waals surface area contributed by atoms with Crippen molar-refractivity contribution in [1.82, 2.24) is 4.57 Å². The van der Waals surface area contributed by atoms with Crippen molar-refractivity contribution in [3.63, 3.8) is 0 Å². The van der Waals surface area contributed by atoms with Gasteiger partial charge in [-0.15, -0.1) is 6.58 Å². The van der Waals surface area contributed by atoms with Gasteiger partial charge in [0.05, 0.1) is 17.6 Å². The molecule has 0 amide bonds. The summed E-state index contributed by atoms with van der Waals surface area (Å²) in [5, 5.41) is 2.56. The Bertz CT molecular complexity index is 745. The van der Waals surface area contributed by atoms with Gasteiger partial charge < -0.3 is 9.30 Å². The molecule has 19 heavy (non-hydrogen) atoms. The molecule has 2 aromatic carbocycles. The Labute approximate surface area is 125 Å². The summed E-state index contributed by atoms with van der Waals surface area (Å²) in [4.78, 5) is 0. The number of fused-ring (bicyclic) bond motifs is 3. The van der Waals surface area contributed by atoms with Crippen molar-refractivity contribution in [2.75, 3.05) is 6.61 Å². The highest BCUT2D eigenvalue weighted by Gasteiger charge is 2.09. The molecule has 0 aliphatic heterocycles. The zero-order valence-corrected chi connectivity index (χ0v) is 12.6. The number of rotatable bonds is 4. The first kappa shape index (κ1) is 12.7. The molecule has 0 bridgehead atoms. The largest absolute Gasteiger partial charge is 0.357 e. The van der Waals surface area contributed by atoms with Gasteiger partial charge in [-0.05, 0) is 46.9 Å². The van der Waals surface area contributed by atoms with E-state index in [4.69, 9.17) is 4.74 Å². The smallest absolute Gasteiger partial charge is 0.123 e. The number of aromatic nitrogens is 1. The van der Waals surface area contributed by atoms with Gasteiger partial charge in [-0.25, -0.2) is 0 Å². The molecule has 3 rings (SSSR count). The molecule has 0 unspecified atom stereocenters. The van der Waals surface area contributed by atoms with Crippen LogP contribution in [0.1, 0.15) is 0 Å². The van der Waals surface area contributed by atoms with Crippen LogP contribution in [0.25, 0.3) is 21.8 Å². The second-order valence-corrected chi connectivity index (χ2v) is 5.64. The van der Waals surface area contributed by atoms with E-state index in [1.54, 1.807) is 6.08 Å². The van der Waals surface area contributed by atoms with E-state index in [1.807, 2.05) is 0 Å². The first-order valence-corrected chi connectivity index (χ1v) is 7.24. The molecule has 0 fully saturated rings. The summed E-state index contributed by atoms with van der Waals surface area (Å²) in [6.07, 6.45) is 1.77. The average molecular weight is 363 g/mol. The van der Waals surface area contributed by atoms with Gasteiger partial charge in [0.2, 0.25) is 0 Å². The zero-order valence-electron chi connectivity index (χ0n) is 10.5. The molecule has 96 valence electrons. The molecular formula is C16H14INO. The van der Waals surface area contributed by atoms with Gasteiger partial charge in [0.15, 0.2) is 0 Å². The molecule has 1 heterocycles. The number of hydrogen-bond acceptors (Lipinski definition) is 1. The van der Waals surface area contributed by atoms with Gasteiger partial charge in [-0.1, -0.05) is 24.3 Å². The van der Waals surface area contributed by atoms with Crippen molar-refractivity contribution in [1.29, 1.82) is 0 Å². The first-order chi connectivity index (χ1) is 9.31. The lowest BCUT2D eigenvalue weighted by molar-refractivity contribution is 0.106. The van der Waals surface area contributed by atoms with Crippen LogP contribution in [0, 0.1) is 3.57 Å². The topological polar surface area (TPSA) is 14.2 Å². The standard InChI is InChI=1S/C16H14INO/c1-2-9-19-11-18-15-6-4-3-5-13(15)14-10-12(17)7-8-16(14)18/h2-8,10H,1,9,11H2. The lowest BCUT2D eigenvalue weighted by Crippen LogP contribution is -2.02. The Kier molecular flexibility index (Phi) is 3.57.